The van der Waals surface area contributed by atoms with Crippen molar-refractivity contribution in [2.75, 3.05) is 0 Å². The lowest BCUT2D eigenvalue weighted by Gasteiger charge is -2.21. The zero-order chi connectivity index (χ0) is 98.9. The molecule has 3 aliphatic rings. The van der Waals surface area contributed by atoms with Gasteiger partial charge in [0.2, 0.25) is 0 Å². The number of hydrogen-bond acceptors (Lipinski definition) is 9. The van der Waals surface area contributed by atoms with Crippen molar-refractivity contribution in [1.29, 1.82) is 0 Å². The average Bonchev–Trinajstić information content (AvgIpc) is 1.57. The molecule has 0 saturated carbocycles. The predicted octanol–water partition coefficient (Wildman–Crippen LogP) is 30.5. The van der Waals surface area contributed by atoms with E-state index in [4.69, 9.17) is 44.9 Å². The zero-order valence-electron chi connectivity index (χ0n) is 82.3. The van der Waals surface area contributed by atoms with Gasteiger partial charge in [0.05, 0.1) is 0 Å². The third kappa shape index (κ3) is 17.1. The van der Waals surface area contributed by atoms with Crippen LogP contribution < -0.4 is 31.1 Å². The first-order valence-electron chi connectivity index (χ1n) is 50.3. The molecule has 9 nitrogen and oxygen atoms in total. The third-order valence-electron chi connectivity index (χ3n) is 29.8. The minimum atomic E-state index is -2.01. The molecule has 27 rings (SSSR count). The van der Waals surface area contributed by atoms with E-state index < -0.39 is 24.2 Å². The highest BCUT2D eigenvalue weighted by atomic mass is 28.3. The van der Waals surface area contributed by atoms with Crippen LogP contribution in [0.15, 0.2) is 491 Å². The van der Waals surface area contributed by atoms with Gasteiger partial charge in [-0.25, -0.2) is 44.9 Å². The Labute approximate surface area is 859 Å². The zero-order valence-corrected chi connectivity index (χ0v) is 85.3. The summed E-state index contributed by atoms with van der Waals surface area (Å²) in [6, 6.07) is 175. The van der Waals surface area contributed by atoms with Crippen molar-refractivity contribution in [3.8, 4) is 203 Å². The largest absolute Gasteiger partial charge is 0.208 e. The van der Waals surface area contributed by atoms with Crippen LogP contribution in [0.5, 0.6) is 0 Å². The van der Waals surface area contributed by atoms with Crippen molar-refractivity contribution < 1.29 is 0 Å². The summed E-state index contributed by atoms with van der Waals surface area (Å²) in [7, 11) is -5.75. The van der Waals surface area contributed by atoms with Gasteiger partial charge in [-0.3, -0.25) is 0 Å². The molecule has 0 unspecified atom stereocenters. The van der Waals surface area contributed by atoms with Crippen molar-refractivity contribution in [2.24, 2.45) is 0 Å². The molecule has 0 fully saturated rings. The van der Waals surface area contributed by atoms with Gasteiger partial charge in [0, 0.05) is 50.1 Å². The molecular weight excluding hydrogens is 1830 g/mol. The number of aromatic nitrogens is 9. The van der Waals surface area contributed by atoms with Gasteiger partial charge in [-0.2, -0.15) is 0 Å². The molecule has 0 spiro atoms. The lowest BCUT2D eigenvalue weighted by molar-refractivity contribution is 1.07. The van der Waals surface area contributed by atoms with Crippen LogP contribution in [0.25, 0.3) is 235 Å². The molecule has 0 N–H and O–H groups in total. The van der Waals surface area contributed by atoms with Crippen LogP contribution in [0.1, 0.15) is 0 Å². The Morgan fingerprint density at radius 1 is 0.129 bits per heavy atom. The fraction of sp³-hybridized carbons (Fsp3) is 0.0444. The summed E-state index contributed by atoms with van der Waals surface area (Å²) in [4.78, 5) is 46.4. The fourth-order valence-corrected chi connectivity index (χ4v) is 31.7. The third-order valence-corrected chi connectivity index (χ3v) is 40.5. The summed E-state index contributed by atoms with van der Waals surface area (Å²) in [5.74, 6) is 6.10. The number of rotatable bonds is 15. The average molecular weight is 1930 g/mol. The molecular formula is C135H99N9Si3. The number of hydrogen-bond donors (Lipinski definition) is 0. The first kappa shape index (κ1) is 90.4. The Morgan fingerprint density at radius 2 is 0.395 bits per heavy atom. The van der Waals surface area contributed by atoms with Gasteiger partial charge in [0.15, 0.2) is 52.4 Å². The molecule has 21 aromatic carbocycles. The first-order chi connectivity index (χ1) is 72.1. The predicted molar refractivity (Wildman–Crippen MR) is 620 cm³/mol. The lowest BCUT2D eigenvalue weighted by Crippen LogP contribution is -2.50. The molecule has 3 aromatic heterocycles. The molecule has 0 saturated heterocycles. The van der Waals surface area contributed by atoms with Crippen molar-refractivity contribution in [2.45, 2.75) is 39.3 Å². The Balaban J connectivity index is 0.000000115. The van der Waals surface area contributed by atoms with Gasteiger partial charge in [0.25, 0.3) is 0 Å². The Kier molecular flexibility index (Phi) is 23.2. The second-order valence-corrected chi connectivity index (χ2v) is 52.8. The Hall–Kier alpha value is -17.9. The highest BCUT2D eigenvalue weighted by Gasteiger charge is 2.42. The molecule has 0 atom stereocenters. The maximum atomic E-state index is 5.22. The van der Waals surface area contributed by atoms with Gasteiger partial charge in [-0.15, -0.1) is 0 Å². The maximum Gasteiger partial charge on any atom is 0.164 e. The van der Waals surface area contributed by atoms with E-state index in [0.29, 0.717) is 46.6 Å². The van der Waals surface area contributed by atoms with Crippen LogP contribution in [-0.4, -0.2) is 69.1 Å². The van der Waals surface area contributed by atoms with E-state index in [9.17, 15) is 0 Å². The number of nitrogens with zero attached hydrogens (tertiary/aromatic N) is 9. The normalized spacial score (nSPS) is 12.9. The van der Waals surface area contributed by atoms with E-state index in [1.165, 1.54) is 125 Å². The Bertz CT molecular complexity index is 9210. The quantitative estimate of drug-likeness (QED) is 0.0925. The number of fused-ring (bicyclic) bond motifs is 12. The van der Waals surface area contributed by atoms with Crippen molar-refractivity contribution >= 4 is 87.7 Å². The van der Waals surface area contributed by atoms with Crippen molar-refractivity contribution in [3.63, 3.8) is 0 Å². The summed E-state index contributed by atoms with van der Waals surface area (Å²) in [6.07, 6.45) is 0. The second kappa shape index (κ2) is 37.7. The fourth-order valence-electron chi connectivity index (χ4n) is 22.1. The van der Waals surface area contributed by atoms with E-state index in [0.717, 1.165) is 94.8 Å². The van der Waals surface area contributed by atoms with E-state index in [-0.39, 0.29) is 0 Å². The van der Waals surface area contributed by atoms with Crippen LogP contribution >= 0.6 is 0 Å². The monoisotopic (exact) mass is 1930 g/mol. The molecule has 147 heavy (non-hydrogen) atoms. The van der Waals surface area contributed by atoms with Gasteiger partial charge in [-0.05, 0) is 182 Å². The highest BCUT2D eigenvalue weighted by Crippen LogP contribution is 2.43. The highest BCUT2D eigenvalue weighted by molar-refractivity contribution is 7.05. The number of benzene rings is 21. The lowest BCUT2D eigenvalue weighted by atomic mass is 9.97. The SMILES string of the molecule is C[Si]1(C)c2ccccc2-c2c(-c3nc(-c4ccc(-c5cccc6ccccc56)cc4)nc(-c4cccc(-c5ccccc5)c4)n3)cccc21.C[Si]1(C)c2ccccc2-c2ccc(-c3nc(-c4ccc(-c5ccccc5)cc4)nc(-c4ccc(-c5ccc6ccccc6c5)cc4)n3)cc21.C[Si]1(C)c2ccccc2-c2cccc(-c3nc(-c4ccc(-c5ccccc5)cc4)nc(-c4ccc(-c5ccc6ccccc6c5)cc4)n3)c21. The standard InChI is InChI=1S/3C45H33N3Si/c1-49(2)40-23-9-8-20-38(40)42-39(22-12-24-41(42)49)45-47-43(46-44(48-45)35-18-10-17-34(29-35)30-13-4-3-5-14-30)33-27-25-32(26-28-33)37-21-11-16-31-15-6-7-19-36(31)37;1-49(2)41-18-9-8-15-38(41)39-16-10-17-40(42(39)49)45-47-43(34-24-19-32(20-25-34)30-11-4-3-5-12-30)46-44(48-45)35-26-21-33(22-27-35)37-28-23-31-13-6-7-14-36(31)29-37;1-49(2)41-15-9-8-14-39(41)40-27-26-38(29-42(40)49)45-47-43(34-21-16-32(17-22-34)30-10-4-3-5-11-30)46-44(48-45)35-23-18-33(19-24-35)37-25-20-31-12-6-7-13-36(31)28-37/h3*3-29H,1-2H3. The van der Waals surface area contributed by atoms with E-state index >= 15 is 0 Å². The summed E-state index contributed by atoms with van der Waals surface area (Å²) in [5.41, 5.74) is 30.9. The van der Waals surface area contributed by atoms with E-state index in [1.54, 1.807) is 0 Å². The molecule has 6 heterocycles. The van der Waals surface area contributed by atoms with Crippen molar-refractivity contribution in [1.82, 2.24) is 44.9 Å². The van der Waals surface area contributed by atoms with Gasteiger partial charge in [-0.1, -0.05) is 512 Å². The molecule has 12 heteroatoms. The summed E-state index contributed by atoms with van der Waals surface area (Å²) < 4.78 is 0. The summed E-state index contributed by atoms with van der Waals surface area (Å²) in [6.45, 7) is 14.7. The van der Waals surface area contributed by atoms with Gasteiger partial charge < -0.3 is 0 Å². The molecule has 3 aliphatic heterocycles. The topological polar surface area (TPSA) is 116 Å². The smallest absolute Gasteiger partial charge is 0.164 e. The van der Waals surface area contributed by atoms with Crippen LogP contribution in [0.2, 0.25) is 39.3 Å². The van der Waals surface area contributed by atoms with Crippen LogP contribution in [0.4, 0.5) is 0 Å². The minimum Gasteiger partial charge on any atom is -0.208 e. The summed E-state index contributed by atoms with van der Waals surface area (Å²) in [5, 5.41) is 16.1. The van der Waals surface area contributed by atoms with E-state index in [1.807, 2.05) is 18.2 Å². The Morgan fingerprint density at radius 3 is 0.898 bits per heavy atom. The van der Waals surface area contributed by atoms with Gasteiger partial charge >= 0.3 is 0 Å². The first-order valence-corrected chi connectivity index (χ1v) is 59.3. The molecule has 0 amide bonds. The van der Waals surface area contributed by atoms with Crippen LogP contribution in [0, 0.1) is 0 Å². The molecule has 696 valence electrons. The molecule has 0 bridgehead atoms. The van der Waals surface area contributed by atoms with Gasteiger partial charge in [0.1, 0.15) is 24.2 Å². The molecule has 0 aliphatic carbocycles. The van der Waals surface area contributed by atoms with E-state index in [2.05, 4.69) is 512 Å². The summed E-state index contributed by atoms with van der Waals surface area (Å²) >= 11 is 0. The van der Waals surface area contributed by atoms with Crippen LogP contribution in [0.3, 0.4) is 0 Å². The molecule has 0 radical (unpaired) electrons. The maximum absolute atomic E-state index is 5.22. The minimum absolute atomic E-state index is 0.662. The van der Waals surface area contributed by atoms with Crippen LogP contribution in [-0.2, 0) is 0 Å². The molecule has 24 aromatic rings. The second-order valence-electron chi connectivity index (χ2n) is 39.9. The van der Waals surface area contributed by atoms with Crippen molar-refractivity contribution in [3.05, 3.63) is 491 Å².